The zero-order chi connectivity index (χ0) is 16.7. The lowest BCUT2D eigenvalue weighted by atomic mass is 9.89. The molecule has 4 rings (SSSR count). The largest absolute Gasteiger partial charge is 0.358 e. The SMILES string of the molecule is CC1=CCC=CC1C(=O)NC1CCc2[nH]c3ccc(F)cc3c2C1. The van der Waals surface area contributed by atoms with E-state index in [-0.39, 0.29) is 23.7 Å². The van der Waals surface area contributed by atoms with Crippen molar-refractivity contribution in [2.75, 3.05) is 0 Å². The molecule has 2 aliphatic rings. The first kappa shape index (κ1) is 15.2. The number of allylic oxidation sites excluding steroid dienone is 2. The Kier molecular flexibility index (Phi) is 3.75. The van der Waals surface area contributed by atoms with Gasteiger partial charge in [0.15, 0.2) is 0 Å². The summed E-state index contributed by atoms with van der Waals surface area (Å²) in [5.74, 6) is -0.303. The van der Waals surface area contributed by atoms with Crippen molar-refractivity contribution in [3.05, 3.63) is 59.1 Å². The fourth-order valence-electron chi connectivity index (χ4n) is 3.84. The lowest BCUT2D eigenvalue weighted by Gasteiger charge is -2.26. The van der Waals surface area contributed by atoms with Crippen LogP contribution >= 0.6 is 0 Å². The molecule has 0 fully saturated rings. The number of H-pyrrole nitrogens is 1. The molecule has 24 heavy (non-hydrogen) atoms. The van der Waals surface area contributed by atoms with Crippen LogP contribution in [0.5, 0.6) is 0 Å². The Morgan fingerprint density at radius 2 is 2.25 bits per heavy atom. The van der Waals surface area contributed by atoms with Gasteiger partial charge in [-0.2, -0.15) is 0 Å². The Labute approximate surface area is 140 Å². The van der Waals surface area contributed by atoms with Gasteiger partial charge in [0, 0.05) is 22.6 Å². The standard InChI is InChI=1S/C20H21FN2O/c1-12-4-2-3-5-15(12)20(24)22-14-7-9-19-17(11-14)16-10-13(21)6-8-18(16)23-19/h3-6,8,10,14-15,23H,2,7,9,11H2,1H3,(H,22,24). The van der Waals surface area contributed by atoms with Crippen LogP contribution in [0.3, 0.4) is 0 Å². The number of carbonyl (C=O) groups is 1. The highest BCUT2D eigenvalue weighted by Gasteiger charge is 2.26. The number of aryl methyl sites for hydroxylation is 1. The Morgan fingerprint density at radius 3 is 3.08 bits per heavy atom. The van der Waals surface area contributed by atoms with E-state index in [9.17, 15) is 9.18 Å². The highest BCUT2D eigenvalue weighted by molar-refractivity contribution is 5.86. The van der Waals surface area contributed by atoms with Crippen LogP contribution in [0.2, 0.25) is 0 Å². The number of halogens is 1. The Morgan fingerprint density at radius 1 is 1.38 bits per heavy atom. The zero-order valence-electron chi connectivity index (χ0n) is 13.7. The molecule has 2 atom stereocenters. The highest BCUT2D eigenvalue weighted by atomic mass is 19.1. The van der Waals surface area contributed by atoms with Gasteiger partial charge in [0.05, 0.1) is 5.92 Å². The smallest absolute Gasteiger partial charge is 0.231 e. The van der Waals surface area contributed by atoms with Crippen molar-refractivity contribution in [3.8, 4) is 0 Å². The van der Waals surface area contributed by atoms with Crippen LogP contribution in [0.4, 0.5) is 4.39 Å². The lowest BCUT2D eigenvalue weighted by molar-refractivity contribution is -0.123. The number of hydrogen-bond donors (Lipinski definition) is 2. The molecule has 2 aromatic rings. The van der Waals surface area contributed by atoms with Gasteiger partial charge in [0.2, 0.25) is 5.91 Å². The fraction of sp³-hybridized carbons (Fsp3) is 0.350. The van der Waals surface area contributed by atoms with Gasteiger partial charge < -0.3 is 10.3 Å². The monoisotopic (exact) mass is 324 g/mol. The second-order valence-electron chi connectivity index (χ2n) is 6.81. The van der Waals surface area contributed by atoms with E-state index in [1.165, 1.54) is 11.8 Å². The number of fused-ring (bicyclic) bond motifs is 3. The van der Waals surface area contributed by atoms with E-state index in [0.29, 0.717) is 0 Å². The first-order valence-corrected chi connectivity index (χ1v) is 8.54. The van der Waals surface area contributed by atoms with Crippen molar-refractivity contribution in [2.45, 2.75) is 38.6 Å². The maximum absolute atomic E-state index is 13.6. The van der Waals surface area contributed by atoms with Crippen molar-refractivity contribution in [1.82, 2.24) is 10.3 Å². The molecule has 2 aliphatic carbocycles. The average Bonchev–Trinajstić information content (AvgIpc) is 2.92. The van der Waals surface area contributed by atoms with Gasteiger partial charge in [-0.15, -0.1) is 0 Å². The van der Waals surface area contributed by atoms with Crippen LogP contribution in [0.1, 0.15) is 31.0 Å². The molecular weight excluding hydrogens is 303 g/mol. The lowest BCUT2D eigenvalue weighted by Crippen LogP contribution is -2.42. The third-order valence-corrected chi connectivity index (χ3v) is 5.17. The van der Waals surface area contributed by atoms with Gasteiger partial charge >= 0.3 is 0 Å². The van der Waals surface area contributed by atoms with E-state index < -0.39 is 0 Å². The predicted molar refractivity (Wildman–Crippen MR) is 93.2 cm³/mol. The molecular formula is C20H21FN2O. The van der Waals surface area contributed by atoms with Gasteiger partial charge in [0.1, 0.15) is 5.82 Å². The molecule has 1 heterocycles. The highest BCUT2D eigenvalue weighted by Crippen LogP contribution is 2.30. The van der Waals surface area contributed by atoms with E-state index in [0.717, 1.165) is 47.7 Å². The normalized spacial score (nSPS) is 23.0. The molecule has 0 radical (unpaired) electrons. The molecule has 1 amide bonds. The summed E-state index contributed by atoms with van der Waals surface area (Å²) in [6, 6.07) is 4.97. The number of aromatic amines is 1. The van der Waals surface area contributed by atoms with Crippen molar-refractivity contribution < 1.29 is 9.18 Å². The second kappa shape index (κ2) is 5.93. The first-order chi connectivity index (χ1) is 11.6. The molecule has 0 aliphatic heterocycles. The summed E-state index contributed by atoms with van der Waals surface area (Å²) in [6.07, 6.45) is 9.58. The summed E-state index contributed by atoms with van der Waals surface area (Å²) in [6.45, 7) is 2.01. The number of hydrogen-bond acceptors (Lipinski definition) is 1. The molecule has 4 heteroatoms. The van der Waals surface area contributed by atoms with Crippen molar-refractivity contribution >= 4 is 16.8 Å². The van der Waals surface area contributed by atoms with Gasteiger partial charge in [0.25, 0.3) is 0 Å². The Balaban J connectivity index is 1.54. The topological polar surface area (TPSA) is 44.9 Å². The minimum atomic E-state index is -0.219. The van der Waals surface area contributed by atoms with Crippen LogP contribution in [0.15, 0.2) is 42.0 Å². The van der Waals surface area contributed by atoms with Gasteiger partial charge in [-0.05, 0) is 56.4 Å². The summed E-state index contributed by atoms with van der Waals surface area (Å²) in [7, 11) is 0. The number of nitrogens with one attached hydrogen (secondary N) is 2. The second-order valence-corrected chi connectivity index (χ2v) is 6.81. The molecule has 0 saturated heterocycles. The predicted octanol–water partition coefficient (Wildman–Crippen LogP) is 3.80. The third-order valence-electron chi connectivity index (χ3n) is 5.17. The maximum Gasteiger partial charge on any atom is 0.231 e. The number of aromatic nitrogens is 1. The summed E-state index contributed by atoms with van der Waals surface area (Å²) in [5.41, 5.74) is 4.41. The molecule has 124 valence electrons. The molecule has 2 unspecified atom stereocenters. The van der Waals surface area contributed by atoms with Crippen molar-refractivity contribution in [3.63, 3.8) is 0 Å². The quantitative estimate of drug-likeness (QED) is 0.811. The van der Waals surface area contributed by atoms with E-state index in [2.05, 4.69) is 16.4 Å². The van der Waals surface area contributed by atoms with Crippen LogP contribution in [0.25, 0.3) is 10.9 Å². The molecule has 0 spiro atoms. The first-order valence-electron chi connectivity index (χ1n) is 8.54. The minimum Gasteiger partial charge on any atom is -0.358 e. The average molecular weight is 324 g/mol. The number of rotatable bonds is 2. The molecule has 0 bridgehead atoms. The van der Waals surface area contributed by atoms with E-state index in [1.54, 1.807) is 12.1 Å². The molecule has 1 aromatic carbocycles. The van der Waals surface area contributed by atoms with Crippen molar-refractivity contribution in [1.29, 1.82) is 0 Å². The molecule has 1 aromatic heterocycles. The van der Waals surface area contributed by atoms with Gasteiger partial charge in [-0.1, -0.05) is 23.8 Å². The van der Waals surface area contributed by atoms with E-state index >= 15 is 0 Å². The van der Waals surface area contributed by atoms with E-state index in [4.69, 9.17) is 0 Å². The van der Waals surface area contributed by atoms with Crippen LogP contribution in [-0.2, 0) is 17.6 Å². The fourth-order valence-corrected chi connectivity index (χ4v) is 3.84. The number of carbonyl (C=O) groups excluding carboxylic acids is 1. The third kappa shape index (κ3) is 2.66. The molecule has 3 nitrogen and oxygen atoms in total. The summed E-state index contributed by atoms with van der Waals surface area (Å²) in [4.78, 5) is 16.0. The molecule has 2 N–H and O–H groups in total. The summed E-state index contributed by atoms with van der Waals surface area (Å²) in [5, 5.41) is 4.13. The molecule has 0 saturated carbocycles. The maximum atomic E-state index is 13.6. The summed E-state index contributed by atoms with van der Waals surface area (Å²) < 4.78 is 13.6. The van der Waals surface area contributed by atoms with Gasteiger partial charge in [-0.25, -0.2) is 4.39 Å². The Hall–Kier alpha value is -2.36. The van der Waals surface area contributed by atoms with Crippen LogP contribution in [0, 0.1) is 11.7 Å². The number of amides is 1. The van der Waals surface area contributed by atoms with Crippen LogP contribution < -0.4 is 5.32 Å². The minimum absolute atomic E-state index is 0.0687. The van der Waals surface area contributed by atoms with Crippen LogP contribution in [-0.4, -0.2) is 16.9 Å². The number of benzene rings is 1. The zero-order valence-corrected chi connectivity index (χ0v) is 13.7. The summed E-state index contributed by atoms with van der Waals surface area (Å²) >= 11 is 0. The Bertz CT molecular complexity index is 862. The van der Waals surface area contributed by atoms with E-state index in [1.807, 2.05) is 19.1 Å². The van der Waals surface area contributed by atoms with Gasteiger partial charge in [-0.3, -0.25) is 4.79 Å². The van der Waals surface area contributed by atoms with Crippen molar-refractivity contribution in [2.24, 2.45) is 5.92 Å².